The van der Waals surface area contributed by atoms with E-state index >= 15 is 0 Å². The van der Waals surface area contributed by atoms with Crippen molar-refractivity contribution >= 4 is 34.1 Å². The maximum Gasteiger partial charge on any atom is 0.257 e. The van der Waals surface area contributed by atoms with Crippen molar-refractivity contribution in [3.8, 4) is 5.88 Å². The molecule has 0 saturated carbocycles. The number of amides is 2. The highest BCUT2D eigenvalue weighted by Gasteiger charge is 2.29. The van der Waals surface area contributed by atoms with Crippen molar-refractivity contribution < 1.29 is 18.7 Å². The number of rotatable bonds is 6. The summed E-state index contributed by atoms with van der Waals surface area (Å²) in [7, 11) is 1.49. The molecule has 0 bridgehead atoms. The molecule has 0 spiro atoms. The van der Waals surface area contributed by atoms with E-state index in [4.69, 9.17) is 4.74 Å². The van der Waals surface area contributed by atoms with Gasteiger partial charge in [0.2, 0.25) is 11.8 Å². The molecule has 9 nitrogen and oxygen atoms in total. The number of halogens is 1. The number of nitrogens with zero attached hydrogens (tertiary/aromatic N) is 5. The predicted octanol–water partition coefficient (Wildman–Crippen LogP) is 3.57. The number of carbonyl (C=O) groups excluding carboxylic acids is 2. The van der Waals surface area contributed by atoms with E-state index in [1.54, 1.807) is 30.6 Å². The van der Waals surface area contributed by atoms with Gasteiger partial charge in [0.1, 0.15) is 12.4 Å². The first-order valence-electron chi connectivity index (χ1n) is 12.0. The second-order valence-electron chi connectivity index (χ2n) is 8.96. The van der Waals surface area contributed by atoms with Crippen LogP contribution < -0.4 is 15.0 Å². The van der Waals surface area contributed by atoms with Crippen LogP contribution in [-0.4, -0.2) is 64.0 Å². The van der Waals surface area contributed by atoms with Gasteiger partial charge >= 0.3 is 0 Å². The molecule has 10 heteroatoms. The molecule has 5 rings (SSSR count). The molecule has 1 atom stereocenters. The number of hydrogen-bond donors (Lipinski definition) is 1. The summed E-state index contributed by atoms with van der Waals surface area (Å²) in [6, 6.07) is 11.2. The van der Waals surface area contributed by atoms with E-state index in [9.17, 15) is 14.0 Å². The molecule has 1 fully saturated rings. The van der Waals surface area contributed by atoms with Crippen LogP contribution in [0.5, 0.6) is 5.88 Å². The molecule has 1 aliphatic heterocycles. The Morgan fingerprint density at radius 1 is 1.14 bits per heavy atom. The van der Waals surface area contributed by atoms with Gasteiger partial charge in [0.15, 0.2) is 0 Å². The largest absolute Gasteiger partial charge is 0.481 e. The second-order valence-corrected chi connectivity index (χ2v) is 8.96. The monoisotopic (exact) mass is 502 g/mol. The van der Waals surface area contributed by atoms with Gasteiger partial charge in [-0.15, -0.1) is 0 Å². The fraction of sp³-hybridized carbons (Fsp3) is 0.259. The zero-order valence-corrected chi connectivity index (χ0v) is 20.6. The number of aromatic nitrogens is 3. The Morgan fingerprint density at radius 3 is 2.81 bits per heavy atom. The van der Waals surface area contributed by atoms with E-state index in [1.165, 1.54) is 25.4 Å². The highest BCUT2D eigenvalue weighted by molar-refractivity contribution is 6.08. The van der Waals surface area contributed by atoms with Crippen LogP contribution in [0, 0.1) is 5.82 Å². The highest BCUT2D eigenvalue weighted by atomic mass is 19.1. The van der Waals surface area contributed by atoms with E-state index in [1.807, 2.05) is 39.6 Å². The minimum Gasteiger partial charge on any atom is -0.481 e. The molecule has 1 aliphatic rings. The van der Waals surface area contributed by atoms with Gasteiger partial charge in [-0.1, -0.05) is 0 Å². The molecule has 0 aliphatic carbocycles. The van der Waals surface area contributed by atoms with Crippen molar-refractivity contribution in [2.45, 2.75) is 19.5 Å². The van der Waals surface area contributed by atoms with Crippen LogP contribution in [0.15, 0.2) is 67.3 Å². The summed E-state index contributed by atoms with van der Waals surface area (Å²) in [5.41, 5.74) is 2.23. The molecule has 0 radical (unpaired) electrons. The van der Waals surface area contributed by atoms with Crippen LogP contribution in [0.4, 0.5) is 15.8 Å². The Balaban J connectivity index is 1.30. The third kappa shape index (κ3) is 5.09. The van der Waals surface area contributed by atoms with Gasteiger partial charge in [-0.25, -0.2) is 9.37 Å². The molecule has 1 N–H and O–H groups in total. The number of nitrogens with one attached hydrogen (secondary N) is 1. The van der Waals surface area contributed by atoms with E-state index in [-0.39, 0.29) is 24.1 Å². The number of piperazine rings is 1. The summed E-state index contributed by atoms with van der Waals surface area (Å²) in [5, 5.41) is 3.83. The lowest BCUT2D eigenvalue weighted by Gasteiger charge is -2.41. The van der Waals surface area contributed by atoms with Crippen molar-refractivity contribution in [1.82, 2.24) is 19.4 Å². The first-order valence-corrected chi connectivity index (χ1v) is 12.0. The van der Waals surface area contributed by atoms with Crippen molar-refractivity contribution in [3.63, 3.8) is 0 Å². The lowest BCUT2D eigenvalue weighted by atomic mass is 10.1. The summed E-state index contributed by atoms with van der Waals surface area (Å²) in [6.07, 6.45) is 6.90. The molecule has 1 aromatic carbocycles. The molecule has 2 amide bonds. The predicted molar refractivity (Wildman–Crippen MR) is 138 cm³/mol. The number of anilines is 2. The van der Waals surface area contributed by atoms with Crippen molar-refractivity contribution in [1.29, 1.82) is 0 Å². The zero-order valence-electron chi connectivity index (χ0n) is 20.6. The average Bonchev–Trinajstić information content (AvgIpc) is 3.31. The Labute approximate surface area is 213 Å². The van der Waals surface area contributed by atoms with Gasteiger partial charge in [-0.05, 0) is 43.3 Å². The zero-order chi connectivity index (χ0) is 25.9. The first-order chi connectivity index (χ1) is 17.9. The summed E-state index contributed by atoms with van der Waals surface area (Å²) in [6.45, 7) is 3.70. The Kier molecular flexibility index (Phi) is 6.72. The molecule has 1 unspecified atom stereocenters. The second kappa shape index (κ2) is 10.3. The van der Waals surface area contributed by atoms with Crippen LogP contribution in [0.25, 0.3) is 10.9 Å². The molecular weight excluding hydrogens is 475 g/mol. The molecule has 190 valence electrons. The summed E-state index contributed by atoms with van der Waals surface area (Å²) < 4.78 is 21.2. The topological polar surface area (TPSA) is 92.6 Å². The molecule has 4 heterocycles. The fourth-order valence-electron chi connectivity index (χ4n) is 4.71. The van der Waals surface area contributed by atoms with E-state index in [0.717, 1.165) is 10.9 Å². The van der Waals surface area contributed by atoms with Crippen LogP contribution >= 0.6 is 0 Å². The summed E-state index contributed by atoms with van der Waals surface area (Å²) in [5.74, 6) is -0.577. The lowest BCUT2D eigenvalue weighted by Crippen LogP contribution is -2.55. The van der Waals surface area contributed by atoms with Crippen LogP contribution in [-0.2, 0) is 11.3 Å². The van der Waals surface area contributed by atoms with Crippen LogP contribution in [0.2, 0.25) is 0 Å². The number of fused-ring (bicyclic) bond motifs is 1. The average molecular weight is 503 g/mol. The van der Waals surface area contributed by atoms with E-state index in [2.05, 4.69) is 15.3 Å². The summed E-state index contributed by atoms with van der Waals surface area (Å²) in [4.78, 5) is 38.4. The van der Waals surface area contributed by atoms with Gasteiger partial charge in [0.05, 0.1) is 24.4 Å². The molecule has 4 aromatic rings. The number of methoxy groups -OCH3 is 1. The van der Waals surface area contributed by atoms with Crippen LogP contribution in [0.1, 0.15) is 17.3 Å². The van der Waals surface area contributed by atoms with Gasteiger partial charge in [-0.2, -0.15) is 0 Å². The highest BCUT2D eigenvalue weighted by Crippen LogP contribution is 2.27. The standard InChI is InChI=1S/C27H27FN6O3/c1-18-16-33(11-12-34(18)26(35)17-32-10-7-19-5-8-29-15-24(19)32)23-4-3-20(28)13-22(23)27(36)31-21-6-9-30-25(14-21)37-2/h3-10,13-15,18H,11-12,16-17H2,1-2H3,(H,30,31,36). The first kappa shape index (κ1) is 24.2. The smallest absolute Gasteiger partial charge is 0.257 e. The summed E-state index contributed by atoms with van der Waals surface area (Å²) >= 11 is 0. The number of pyridine rings is 2. The van der Waals surface area contributed by atoms with Gasteiger partial charge in [-0.3, -0.25) is 14.6 Å². The SMILES string of the molecule is COc1cc(NC(=O)c2cc(F)ccc2N2CCN(C(=O)Cn3ccc4ccncc43)C(C)C2)ccn1. The van der Waals surface area contributed by atoms with Crippen molar-refractivity contribution in [2.24, 2.45) is 0 Å². The fourth-order valence-corrected chi connectivity index (χ4v) is 4.71. The number of hydrogen-bond acceptors (Lipinski definition) is 6. The Bertz CT molecular complexity index is 1460. The van der Waals surface area contributed by atoms with E-state index < -0.39 is 11.7 Å². The van der Waals surface area contributed by atoms with Gasteiger partial charge in [0, 0.05) is 67.1 Å². The number of ether oxygens (including phenoxy) is 1. The van der Waals surface area contributed by atoms with Crippen LogP contribution in [0.3, 0.4) is 0 Å². The van der Waals surface area contributed by atoms with E-state index in [0.29, 0.717) is 36.9 Å². The van der Waals surface area contributed by atoms with Crippen molar-refractivity contribution in [3.05, 3.63) is 78.6 Å². The lowest BCUT2D eigenvalue weighted by molar-refractivity contribution is -0.134. The molecule has 1 saturated heterocycles. The van der Waals surface area contributed by atoms with Gasteiger partial charge in [0.25, 0.3) is 5.91 Å². The minimum absolute atomic E-state index is 0.0113. The molecule has 3 aromatic heterocycles. The molecular formula is C27H27FN6O3. The maximum atomic E-state index is 14.2. The maximum absolute atomic E-state index is 14.2. The van der Waals surface area contributed by atoms with Gasteiger partial charge < -0.3 is 24.4 Å². The number of benzene rings is 1. The Hall–Kier alpha value is -4.47. The quantitative estimate of drug-likeness (QED) is 0.434. The van der Waals surface area contributed by atoms with Crippen molar-refractivity contribution in [2.75, 3.05) is 37.0 Å². The normalized spacial score (nSPS) is 15.6. The third-order valence-corrected chi connectivity index (χ3v) is 6.58. The Morgan fingerprint density at radius 2 is 2.00 bits per heavy atom. The third-order valence-electron chi connectivity index (χ3n) is 6.58. The minimum atomic E-state index is -0.503. The number of carbonyl (C=O) groups is 2. The molecule has 37 heavy (non-hydrogen) atoms.